The number of methoxy groups -OCH3 is 1. The summed E-state index contributed by atoms with van der Waals surface area (Å²) in [6, 6.07) is 6.53. The molecule has 0 heterocycles. The Bertz CT molecular complexity index is 642. The van der Waals surface area contributed by atoms with E-state index in [1.54, 1.807) is 12.1 Å². The number of benzene rings is 2. The minimum absolute atomic E-state index is 0.0344. The highest BCUT2D eigenvalue weighted by molar-refractivity contribution is 6.33. The lowest BCUT2D eigenvalue weighted by molar-refractivity contribution is 0.112. The normalized spacial score (nSPS) is 10.3. The van der Waals surface area contributed by atoms with Crippen LogP contribution in [0.5, 0.6) is 5.75 Å². The van der Waals surface area contributed by atoms with Crippen molar-refractivity contribution in [3.8, 4) is 16.9 Å². The summed E-state index contributed by atoms with van der Waals surface area (Å²) in [6.07, 6.45) is 0.607. The zero-order chi connectivity index (χ0) is 14.0. The van der Waals surface area contributed by atoms with Crippen LogP contribution in [-0.2, 0) is 0 Å². The Kier molecular flexibility index (Phi) is 3.81. The Morgan fingerprint density at radius 1 is 1.11 bits per heavy atom. The van der Waals surface area contributed by atoms with Gasteiger partial charge in [0.05, 0.1) is 12.1 Å². The van der Waals surface area contributed by atoms with Gasteiger partial charge in [0.15, 0.2) is 17.9 Å². The van der Waals surface area contributed by atoms with Crippen LogP contribution >= 0.6 is 11.6 Å². The number of rotatable bonds is 3. The number of halogens is 3. The second-order valence-electron chi connectivity index (χ2n) is 3.82. The minimum atomic E-state index is -1.03. The van der Waals surface area contributed by atoms with Crippen molar-refractivity contribution in [2.75, 3.05) is 7.11 Å². The molecular formula is C14H9ClF2O2. The molecule has 0 unspecified atom stereocenters. The van der Waals surface area contributed by atoms with Crippen molar-refractivity contribution in [1.29, 1.82) is 0 Å². The van der Waals surface area contributed by atoms with Crippen LogP contribution < -0.4 is 4.74 Å². The molecule has 5 heteroatoms. The second kappa shape index (κ2) is 5.36. The molecule has 0 aliphatic heterocycles. The van der Waals surface area contributed by atoms with E-state index in [9.17, 15) is 13.6 Å². The van der Waals surface area contributed by atoms with E-state index < -0.39 is 11.6 Å². The second-order valence-corrected chi connectivity index (χ2v) is 4.22. The van der Waals surface area contributed by atoms with E-state index >= 15 is 0 Å². The molecule has 0 aliphatic carbocycles. The zero-order valence-electron chi connectivity index (χ0n) is 9.91. The van der Waals surface area contributed by atoms with Crippen LogP contribution in [0.1, 0.15) is 10.4 Å². The van der Waals surface area contributed by atoms with Crippen molar-refractivity contribution in [2.24, 2.45) is 0 Å². The van der Waals surface area contributed by atoms with Gasteiger partial charge in [0.2, 0.25) is 0 Å². The summed E-state index contributed by atoms with van der Waals surface area (Å²) in [6.45, 7) is 0. The monoisotopic (exact) mass is 282 g/mol. The number of hydrogen-bond acceptors (Lipinski definition) is 2. The quantitative estimate of drug-likeness (QED) is 0.626. The van der Waals surface area contributed by atoms with Gasteiger partial charge in [0, 0.05) is 11.1 Å². The van der Waals surface area contributed by atoms with Gasteiger partial charge >= 0.3 is 0 Å². The largest absolute Gasteiger partial charge is 0.497 e. The van der Waals surface area contributed by atoms with Crippen LogP contribution in [-0.4, -0.2) is 13.4 Å². The molecule has 0 amide bonds. The molecule has 2 aromatic rings. The van der Waals surface area contributed by atoms with Crippen molar-refractivity contribution >= 4 is 17.9 Å². The van der Waals surface area contributed by atoms with Gasteiger partial charge < -0.3 is 4.74 Å². The predicted octanol–water partition coefficient (Wildman–Crippen LogP) is 4.11. The van der Waals surface area contributed by atoms with Gasteiger partial charge in [-0.3, -0.25) is 4.79 Å². The fourth-order valence-electron chi connectivity index (χ4n) is 1.74. The smallest absolute Gasteiger partial charge is 0.160 e. The summed E-state index contributed by atoms with van der Waals surface area (Å²) >= 11 is 5.88. The third kappa shape index (κ3) is 2.58. The average molecular weight is 283 g/mol. The van der Waals surface area contributed by atoms with Crippen molar-refractivity contribution in [1.82, 2.24) is 0 Å². The molecule has 0 saturated heterocycles. The molecule has 0 spiro atoms. The summed E-state index contributed by atoms with van der Waals surface area (Å²) in [5, 5.41) is 0.0344. The maximum Gasteiger partial charge on any atom is 0.160 e. The summed E-state index contributed by atoms with van der Waals surface area (Å²) in [5.41, 5.74) is 0.956. The van der Waals surface area contributed by atoms with Crippen LogP contribution in [0, 0.1) is 11.6 Å². The predicted molar refractivity (Wildman–Crippen MR) is 68.7 cm³/mol. The molecule has 0 atom stereocenters. The van der Waals surface area contributed by atoms with E-state index in [-0.39, 0.29) is 16.1 Å². The number of carbonyl (C=O) groups is 1. The number of aldehydes is 1. The standard InChI is InChI=1S/C14H9ClF2O2/c1-19-9-2-3-10(8(4-9)7-18)11-5-13(16)14(17)6-12(11)15/h2-7H,1H3. The van der Waals surface area contributed by atoms with Gasteiger partial charge in [-0.25, -0.2) is 8.78 Å². The van der Waals surface area contributed by atoms with E-state index in [4.69, 9.17) is 16.3 Å². The highest BCUT2D eigenvalue weighted by atomic mass is 35.5. The van der Waals surface area contributed by atoms with Crippen molar-refractivity contribution in [3.05, 3.63) is 52.6 Å². The Balaban J connectivity index is 2.65. The lowest BCUT2D eigenvalue weighted by Crippen LogP contribution is -1.93. The van der Waals surface area contributed by atoms with E-state index in [1.165, 1.54) is 13.2 Å². The molecule has 2 nitrogen and oxygen atoms in total. The van der Waals surface area contributed by atoms with Crippen LogP contribution in [0.2, 0.25) is 5.02 Å². The van der Waals surface area contributed by atoms with Gasteiger partial charge in [-0.05, 0) is 35.9 Å². The fraction of sp³-hybridized carbons (Fsp3) is 0.0714. The number of ether oxygens (including phenoxy) is 1. The van der Waals surface area contributed by atoms with E-state index in [0.717, 1.165) is 12.1 Å². The van der Waals surface area contributed by atoms with Crippen molar-refractivity contribution < 1.29 is 18.3 Å². The number of hydrogen-bond donors (Lipinski definition) is 0. The molecule has 0 radical (unpaired) electrons. The van der Waals surface area contributed by atoms with Crippen molar-refractivity contribution in [3.63, 3.8) is 0 Å². The first kappa shape index (κ1) is 13.5. The molecule has 0 N–H and O–H groups in total. The number of carbonyl (C=O) groups excluding carboxylic acids is 1. The van der Waals surface area contributed by atoms with Crippen molar-refractivity contribution in [2.45, 2.75) is 0 Å². The first-order chi connectivity index (χ1) is 9.06. The molecule has 19 heavy (non-hydrogen) atoms. The topological polar surface area (TPSA) is 26.3 Å². The third-order valence-corrected chi connectivity index (χ3v) is 3.00. The molecular weight excluding hydrogens is 274 g/mol. The highest BCUT2D eigenvalue weighted by Gasteiger charge is 2.13. The summed E-state index contributed by atoms with van der Waals surface area (Å²) in [7, 11) is 1.47. The highest BCUT2D eigenvalue weighted by Crippen LogP contribution is 2.33. The molecule has 2 rings (SSSR count). The molecule has 0 aliphatic rings. The minimum Gasteiger partial charge on any atom is -0.497 e. The summed E-state index contributed by atoms with van der Waals surface area (Å²) in [4.78, 5) is 11.1. The van der Waals surface area contributed by atoms with Gasteiger partial charge in [-0.2, -0.15) is 0 Å². The van der Waals surface area contributed by atoms with Gasteiger partial charge in [-0.1, -0.05) is 11.6 Å². The Morgan fingerprint density at radius 3 is 2.42 bits per heavy atom. The van der Waals surface area contributed by atoms with Crippen LogP contribution in [0.3, 0.4) is 0 Å². The first-order valence-electron chi connectivity index (χ1n) is 5.35. The maximum atomic E-state index is 13.3. The van der Waals surface area contributed by atoms with E-state index in [2.05, 4.69) is 0 Å². The molecule has 0 bridgehead atoms. The summed E-state index contributed by atoms with van der Waals surface area (Å²) in [5.74, 6) is -1.56. The Labute approximate surface area is 113 Å². The first-order valence-corrected chi connectivity index (χ1v) is 5.72. The molecule has 0 aromatic heterocycles. The molecule has 98 valence electrons. The molecule has 0 fully saturated rings. The lowest BCUT2D eigenvalue weighted by atomic mass is 10.00. The third-order valence-electron chi connectivity index (χ3n) is 2.69. The maximum absolute atomic E-state index is 13.3. The van der Waals surface area contributed by atoms with Crippen LogP contribution in [0.25, 0.3) is 11.1 Å². The molecule has 2 aromatic carbocycles. The van der Waals surface area contributed by atoms with Gasteiger partial charge in [-0.15, -0.1) is 0 Å². The zero-order valence-corrected chi connectivity index (χ0v) is 10.7. The Morgan fingerprint density at radius 2 is 1.79 bits per heavy atom. The SMILES string of the molecule is COc1ccc(-c2cc(F)c(F)cc2Cl)c(C=O)c1. The van der Waals surface area contributed by atoms with Gasteiger partial charge in [0.25, 0.3) is 0 Å². The average Bonchev–Trinajstić information content (AvgIpc) is 2.42. The lowest BCUT2D eigenvalue weighted by Gasteiger charge is -2.09. The molecule has 0 saturated carbocycles. The Hall–Kier alpha value is -1.94. The van der Waals surface area contributed by atoms with E-state index in [0.29, 0.717) is 17.6 Å². The van der Waals surface area contributed by atoms with Crippen LogP contribution in [0.4, 0.5) is 8.78 Å². The van der Waals surface area contributed by atoms with Gasteiger partial charge in [0.1, 0.15) is 5.75 Å². The van der Waals surface area contributed by atoms with Crippen LogP contribution in [0.15, 0.2) is 30.3 Å². The fourth-order valence-corrected chi connectivity index (χ4v) is 1.99. The summed E-state index contributed by atoms with van der Waals surface area (Å²) < 4.78 is 31.3. The van der Waals surface area contributed by atoms with E-state index in [1.807, 2.05) is 0 Å².